The molecule has 2 amide bonds. The van der Waals surface area contributed by atoms with Crippen LogP contribution in [0.5, 0.6) is 0 Å². The maximum Gasteiger partial charge on any atom is 0.251 e. The largest absolute Gasteiger partial charge is 0.353 e. The predicted molar refractivity (Wildman–Crippen MR) is 124 cm³/mol. The monoisotopic (exact) mass is 409 g/mol. The van der Waals surface area contributed by atoms with Crippen LogP contribution in [0.25, 0.3) is 11.1 Å². The molecule has 1 atom stereocenters. The maximum atomic E-state index is 12.7. The lowest BCUT2D eigenvalue weighted by atomic mass is 10.0. The lowest BCUT2D eigenvalue weighted by Gasteiger charge is -2.19. The molecule has 2 aromatic carbocycles. The fourth-order valence-electron chi connectivity index (χ4n) is 3.29. The summed E-state index contributed by atoms with van der Waals surface area (Å²) in [5.41, 5.74) is 4.10. The number of carbonyl (C=O) groups is 2. The topological polar surface area (TPSA) is 61.4 Å². The molecule has 0 fully saturated rings. The van der Waals surface area contributed by atoms with E-state index in [1.807, 2.05) is 50.2 Å². The van der Waals surface area contributed by atoms with E-state index in [0.717, 1.165) is 36.9 Å². The van der Waals surface area contributed by atoms with Crippen LogP contribution in [0.1, 0.15) is 49.0 Å². The van der Waals surface area contributed by atoms with E-state index in [0.29, 0.717) is 18.5 Å². The van der Waals surface area contributed by atoms with Crippen molar-refractivity contribution in [2.24, 2.45) is 0 Å². The molecule has 5 nitrogen and oxygen atoms in total. The van der Waals surface area contributed by atoms with Crippen LogP contribution in [-0.4, -0.2) is 49.9 Å². The van der Waals surface area contributed by atoms with Gasteiger partial charge in [0.2, 0.25) is 5.91 Å². The van der Waals surface area contributed by atoms with Crippen LogP contribution >= 0.6 is 0 Å². The Hall–Kier alpha value is -2.66. The number of hydrogen-bond acceptors (Lipinski definition) is 3. The molecule has 0 heterocycles. The summed E-state index contributed by atoms with van der Waals surface area (Å²) < 4.78 is 0. The van der Waals surface area contributed by atoms with Gasteiger partial charge in [0.05, 0.1) is 0 Å². The van der Waals surface area contributed by atoms with Gasteiger partial charge in [-0.25, -0.2) is 0 Å². The van der Waals surface area contributed by atoms with Crippen molar-refractivity contribution in [1.29, 1.82) is 0 Å². The summed E-state index contributed by atoms with van der Waals surface area (Å²) in [6, 6.07) is 15.6. The predicted octanol–water partition coefficient (Wildman–Crippen LogP) is 3.88. The minimum atomic E-state index is -0.518. The summed E-state index contributed by atoms with van der Waals surface area (Å²) >= 11 is 0. The van der Waals surface area contributed by atoms with Crippen LogP contribution in [0, 0.1) is 0 Å². The number of carbonyl (C=O) groups excluding carboxylic acids is 2. The number of rotatable bonds is 11. The second-order valence-corrected chi connectivity index (χ2v) is 7.93. The first-order valence-corrected chi connectivity index (χ1v) is 10.9. The van der Waals surface area contributed by atoms with E-state index in [-0.39, 0.29) is 11.8 Å². The van der Waals surface area contributed by atoms with E-state index in [1.165, 1.54) is 5.56 Å². The Labute approximate surface area is 180 Å². The zero-order valence-electron chi connectivity index (χ0n) is 18.7. The molecule has 0 radical (unpaired) electrons. The molecule has 2 aromatic rings. The maximum absolute atomic E-state index is 12.7. The Morgan fingerprint density at radius 2 is 1.50 bits per heavy atom. The molecule has 5 heteroatoms. The van der Waals surface area contributed by atoms with Gasteiger partial charge in [0.1, 0.15) is 6.04 Å². The Bertz CT molecular complexity index is 798. The van der Waals surface area contributed by atoms with Crippen molar-refractivity contribution < 1.29 is 9.59 Å². The van der Waals surface area contributed by atoms with Crippen molar-refractivity contribution in [1.82, 2.24) is 15.5 Å². The number of amides is 2. The zero-order chi connectivity index (χ0) is 21.9. The summed E-state index contributed by atoms with van der Waals surface area (Å²) in [5.74, 6) is -0.350. The highest BCUT2D eigenvalue weighted by Gasteiger charge is 2.20. The van der Waals surface area contributed by atoms with Gasteiger partial charge in [-0.3, -0.25) is 9.59 Å². The lowest BCUT2D eigenvalue weighted by Crippen LogP contribution is -2.47. The van der Waals surface area contributed by atoms with Crippen LogP contribution in [0.15, 0.2) is 48.5 Å². The minimum Gasteiger partial charge on any atom is -0.353 e. The van der Waals surface area contributed by atoms with Gasteiger partial charge in [-0.15, -0.1) is 0 Å². The highest BCUT2D eigenvalue weighted by atomic mass is 16.2. The van der Waals surface area contributed by atoms with Gasteiger partial charge in [-0.05, 0) is 55.8 Å². The summed E-state index contributed by atoms with van der Waals surface area (Å²) in [6.45, 7) is 5.51. The highest BCUT2D eigenvalue weighted by molar-refractivity contribution is 5.97. The number of aryl methyl sites for hydroxylation is 1. The van der Waals surface area contributed by atoms with Gasteiger partial charge in [0, 0.05) is 18.7 Å². The third-order valence-electron chi connectivity index (χ3n) is 5.03. The molecule has 30 heavy (non-hydrogen) atoms. The standard InChI is InChI=1S/C25H35N3O2/c1-5-7-19-9-11-20(12-10-19)21-13-15-22(16-14-21)24(29)27-23(8-6-2)25(30)26-17-18-28(3)4/h9-16,23H,5-8,17-18H2,1-4H3,(H,26,30)(H,27,29)/t23-/m0/s1. The molecule has 0 aliphatic heterocycles. The van der Waals surface area contributed by atoms with Crippen LogP contribution in [-0.2, 0) is 11.2 Å². The SMILES string of the molecule is CCCc1ccc(-c2ccc(C(=O)N[C@@H](CCC)C(=O)NCCN(C)C)cc2)cc1. The van der Waals surface area contributed by atoms with E-state index in [9.17, 15) is 9.59 Å². The van der Waals surface area contributed by atoms with Gasteiger partial charge < -0.3 is 15.5 Å². The smallest absolute Gasteiger partial charge is 0.251 e. The molecule has 2 rings (SSSR count). The molecule has 162 valence electrons. The van der Waals surface area contributed by atoms with Crippen LogP contribution in [0.2, 0.25) is 0 Å². The molecular formula is C25H35N3O2. The van der Waals surface area contributed by atoms with Crippen molar-refractivity contribution in [3.63, 3.8) is 0 Å². The third kappa shape index (κ3) is 7.30. The van der Waals surface area contributed by atoms with E-state index in [2.05, 4.69) is 41.8 Å². The Morgan fingerprint density at radius 1 is 0.900 bits per heavy atom. The fourth-order valence-corrected chi connectivity index (χ4v) is 3.29. The molecule has 0 aromatic heterocycles. The van der Waals surface area contributed by atoms with E-state index in [1.54, 1.807) is 0 Å². The Balaban J connectivity index is 2.00. The van der Waals surface area contributed by atoms with Crippen molar-refractivity contribution >= 4 is 11.8 Å². The zero-order valence-corrected chi connectivity index (χ0v) is 18.7. The normalized spacial score (nSPS) is 11.9. The molecule has 0 saturated heterocycles. The van der Waals surface area contributed by atoms with Crippen molar-refractivity contribution in [2.75, 3.05) is 27.2 Å². The fraction of sp³-hybridized carbons (Fsp3) is 0.440. The average Bonchev–Trinajstić information content (AvgIpc) is 2.74. The van der Waals surface area contributed by atoms with Gasteiger partial charge in [0.25, 0.3) is 5.91 Å². The molecular weight excluding hydrogens is 374 g/mol. The number of nitrogens with one attached hydrogen (secondary N) is 2. The first-order chi connectivity index (χ1) is 14.4. The second-order valence-electron chi connectivity index (χ2n) is 7.93. The number of likely N-dealkylation sites (N-methyl/N-ethyl adjacent to an activating group) is 1. The number of hydrogen-bond donors (Lipinski definition) is 2. The lowest BCUT2D eigenvalue weighted by molar-refractivity contribution is -0.123. The molecule has 0 bridgehead atoms. The molecule has 2 N–H and O–H groups in total. The van der Waals surface area contributed by atoms with Crippen LogP contribution < -0.4 is 10.6 Å². The molecule has 0 aliphatic carbocycles. The summed E-state index contributed by atoms with van der Waals surface area (Å²) in [6.07, 6.45) is 3.65. The molecule has 0 saturated carbocycles. The van der Waals surface area contributed by atoms with Crippen molar-refractivity contribution in [2.45, 2.75) is 45.6 Å². The van der Waals surface area contributed by atoms with Gasteiger partial charge in [-0.2, -0.15) is 0 Å². The highest BCUT2D eigenvalue weighted by Crippen LogP contribution is 2.21. The van der Waals surface area contributed by atoms with E-state index < -0.39 is 6.04 Å². The molecule has 0 spiro atoms. The number of benzene rings is 2. The summed E-state index contributed by atoms with van der Waals surface area (Å²) in [7, 11) is 3.92. The first-order valence-electron chi connectivity index (χ1n) is 10.9. The van der Waals surface area contributed by atoms with Gasteiger partial charge >= 0.3 is 0 Å². The van der Waals surface area contributed by atoms with Crippen molar-refractivity contribution in [3.05, 3.63) is 59.7 Å². The van der Waals surface area contributed by atoms with E-state index >= 15 is 0 Å². The van der Waals surface area contributed by atoms with Gasteiger partial charge in [-0.1, -0.05) is 63.1 Å². The van der Waals surface area contributed by atoms with Crippen LogP contribution in [0.3, 0.4) is 0 Å². The quantitative estimate of drug-likeness (QED) is 0.592. The Kier molecular flexibility index (Phi) is 9.55. The van der Waals surface area contributed by atoms with E-state index in [4.69, 9.17) is 0 Å². The molecule has 0 aliphatic rings. The van der Waals surface area contributed by atoms with Gasteiger partial charge in [0.15, 0.2) is 0 Å². The summed E-state index contributed by atoms with van der Waals surface area (Å²) in [4.78, 5) is 27.1. The number of nitrogens with zero attached hydrogens (tertiary/aromatic N) is 1. The second kappa shape index (κ2) is 12.1. The minimum absolute atomic E-state index is 0.129. The van der Waals surface area contributed by atoms with Crippen LogP contribution in [0.4, 0.5) is 0 Å². The summed E-state index contributed by atoms with van der Waals surface area (Å²) in [5, 5.41) is 5.79. The molecule has 0 unspecified atom stereocenters. The van der Waals surface area contributed by atoms with Crippen molar-refractivity contribution in [3.8, 4) is 11.1 Å². The Morgan fingerprint density at radius 3 is 2.03 bits per heavy atom. The first kappa shape index (κ1) is 23.6. The average molecular weight is 410 g/mol. The third-order valence-corrected chi connectivity index (χ3v) is 5.03.